The van der Waals surface area contributed by atoms with Crippen LogP contribution in [-0.4, -0.2) is 38.0 Å². The molecular formula is C9H19NO2. The Morgan fingerprint density at radius 1 is 1.58 bits per heavy atom. The van der Waals surface area contributed by atoms with Crippen LogP contribution in [0.5, 0.6) is 0 Å². The molecule has 72 valence electrons. The maximum atomic E-state index is 8.69. The van der Waals surface area contributed by atoms with E-state index in [0.29, 0.717) is 6.04 Å². The predicted octanol–water partition coefficient (Wildman–Crippen LogP) is 0.383. The molecule has 3 heteroatoms. The van der Waals surface area contributed by atoms with Crippen LogP contribution < -0.4 is 5.32 Å². The smallest absolute Gasteiger partial charge is 0.0620 e. The van der Waals surface area contributed by atoms with Crippen molar-refractivity contribution in [3.63, 3.8) is 0 Å². The quantitative estimate of drug-likeness (QED) is 0.585. The van der Waals surface area contributed by atoms with Gasteiger partial charge in [-0.25, -0.2) is 0 Å². The molecule has 2 N–H and O–H groups in total. The second-order valence-electron chi connectivity index (χ2n) is 3.48. The number of ether oxygens (including phenoxy) is 1. The van der Waals surface area contributed by atoms with Crippen LogP contribution in [0.2, 0.25) is 0 Å². The van der Waals surface area contributed by atoms with Gasteiger partial charge in [-0.2, -0.15) is 0 Å². The van der Waals surface area contributed by atoms with Crippen molar-refractivity contribution in [3.8, 4) is 0 Å². The average Bonchev–Trinajstić information content (AvgIpc) is 2.87. The number of hydrogen-bond donors (Lipinski definition) is 2. The highest BCUT2D eigenvalue weighted by atomic mass is 16.5. The van der Waals surface area contributed by atoms with E-state index in [4.69, 9.17) is 9.84 Å². The highest BCUT2D eigenvalue weighted by Gasteiger charge is 2.21. The van der Waals surface area contributed by atoms with E-state index in [2.05, 4.69) is 5.32 Å². The minimum Gasteiger partial charge on any atom is -0.396 e. The number of aliphatic hydroxyl groups excluding tert-OH is 1. The average molecular weight is 173 g/mol. The van der Waals surface area contributed by atoms with Crippen molar-refractivity contribution in [1.29, 1.82) is 0 Å². The topological polar surface area (TPSA) is 41.5 Å². The SMILES string of the molecule is CNC(CCO)COCC1CC1. The largest absolute Gasteiger partial charge is 0.396 e. The first-order chi connectivity index (χ1) is 5.86. The number of likely N-dealkylation sites (N-methyl/N-ethyl adjacent to an activating group) is 1. The Hall–Kier alpha value is -0.120. The van der Waals surface area contributed by atoms with Crippen molar-refractivity contribution in [2.75, 3.05) is 26.9 Å². The Morgan fingerprint density at radius 2 is 2.33 bits per heavy atom. The lowest BCUT2D eigenvalue weighted by Crippen LogP contribution is -2.31. The van der Waals surface area contributed by atoms with Crippen LogP contribution >= 0.6 is 0 Å². The van der Waals surface area contributed by atoms with Crippen LogP contribution in [0.15, 0.2) is 0 Å². The van der Waals surface area contributed by atoms with Gasteiger partial charge in [0, 0.05) is 19.3 Å². The first-order valence-corrected chi connectivity index (χ1v) is 4.72. The number of rotatable bonds is 7. The molecule has 1 saturated carbocycles. The Morgan fingerprint density at radius 3 is 2.83 bits per heavy atom. The maximum Gasteiger partial charge on any atom is 0.0620 e. The Bertz CT molecular complexity index is 115. The molecule has 1 aliphatic rings. The van der Waals surface area contributed by atoms with Crippen LogP contribution in [0.25, 0.3) is 0 Å². The molecule has 0 aliphatic heterocycles. The normalized spacial score (nSPS) is 19.5. The Kier molecular flexibility index (Phi) is 4.58. The molecule has 1 rings (SSSR count). The summed E-state index contributed by atoms with van der Waals surface area (Å²) in [6, 6.07) is 0.314. The fraction of sp³-hybridized carbons (Fsp3) is 1.00. The summed E-state index contributed by atoms with van der Waals surface area (Å²) < 4.78 is 5.49. The van der Waals surface area contributed by atoms with Crippen molar-refractivity contribution < 1.29 is 9.84 Å². The molecule has 0 bridgehead atoms. The van der Waals surface area contributed by atoms with Crippen molar-refractivity contribution in [3.05, 3.63) is 0 Å². The second-order valence-corrected chi connectivity index (χ2v) is 3.48. The number of hydrogen-bond acceptors (Lipinski definition) is 3. The summed E-state index contributed by atoms with van der Waals surface area (Å²) in [5.41, 5.74) is 0. The molecule has 0 amide bonds. The summed E-state index contributed by atoms with van der Waals surface area (Å²) in [6.45, 7) is 1.87. The summed E-state index contributed by atoms with van der Waals surface area (Å²) >= 11 is 0. The molecule has 0 aromatic carbocycles. The zero-order chi connectivity index (χ0) is 8.81. The Balaban J connectivity index is 1.93. The van der Waals surface area contributed by atoms with Crippen molar-refractivity contribution in [1.82, 2.24) is 5.32 Å². The lowest BCUT2D eigenvalue weighted by atomic mass is 10.2. The van der Waals surface area contributed by atoms with E-state index in [1.54, 1.807) is 0 Å². The minimum atomic E-state index is 0.234. The third-order valence-corrected chi connectivity index (χ3v) is 2.26. The molecule has 1 fully saturated rings. The van der Waals surface area contributed by atoms with Crippen LogP contribution in [0.4, 0.5) is 0 Å². The van der Waals surface area contributed by atoms with Crippen LogP contribution in [-0.2, 0) is 4.74 Å². The standard InChI is InChI=1S/C9H19NO2/c1-10-9(4-5-11)7-12-6-8-2-3-8/h8-11H,2-7H2,1H3. The first-order valence-electron chi connectivity index (χ1n) is 4.72. The van der Waals surface area contributed by atoms with Gasteiger partial charge in [0.2, 0.25) is 0 Å². The molecular weight excluding hydrogens is 154 g/mol. The van der Waals surface area contributed by atoms with Gasteiger partial charge in [0.1, 0.15) is 0 Å². The van der Waals surface area contributed by atoms with E-state index in [1.807, 2.05) is 7.05 Å². The zero-order valence-electron chi connectivity index (χ0n) is 7.75. The number of aliphatic hydroxyl groups is 1. The lowest BCUT2D eigenvalue weighted by molar-refractivity contribution is 0.0962. The fourth-order valence-corrected chi connectivity index (χ4v) is 1.13. The van der Waals surface area contributed by atoms with Crippen LogP contribution in [0, 0.1) is 5.92 Å². The summed E-state index contributed by atoms with van der Waals surface area (Å²) in [7, 11) is 1.90. The van der Waals surface area contributed by atoms with E-state index in [-0.39, 0.29) is 6.61 Å². The predicted molar refractivity (Wildman–Crippen MR) is 48.1 cm³/mol. The number of nitrogens with one attached hydrogen (secondary N) is 1. The van der Waals surface area contributed by atoms with Crippen LogP contribution in [0.1, 0.15) is 19.3 Å². The van der Waals surface area contributed by atoms with E-state index in [9.17, 15) is 0 Å². The zero-order valence-corrected chi connectivity index (χ0v) is 7.75. The molecule has 0 aromatic heterocycles. The van der Waals surface area contributed by atoms with Crippen molar-refractivity contribution in [2.24, 2.45) is 5.92 Å². The molecule has 0 radical (unpaired) electrons. The van der Waals surface area contributed by atoms with E-state index in [0.717, 1.165) is 25.6 Å². The first kappa shape index (κ1) is 9.96. The highest BCUT2D eigenvalue weighted by molar-refractivity contribution is 4.72. The van der Waals surface area contributed by atoms with Gasteiger partial charge in [-0.3, -0.25) is 0 Å². The van der Waals surface area contributed by atoms with Gasteiger partial charge in [-0.15, -0.1) is 0 Å². The van der Waals surface area contributed by atoms with Gasteiger partial charge < -0.3 is 15.2 Å². The van der Waals surface area contributed by atoms with Crippen LogP contribution in [0.3, 0.4) is 0 Å². The summed E-state index contributed by atoms with van der Waals surface area (Å²) in [5.74, 6) is 0.830. The second kappa shape index (κ2) is 5.51. The maximum absolute atomic E-state index is 8.69. The molecule has 0 aromatic rings. The molecule has 0 heterocycles. The van der Waals surface area contributed by atoms with Gasteiger partial charge in [0.15, 0.2) is 0 Å². The Labute approximate surface area is 74.1 Å². The summed E-state index contributed by atoms with van der Waals surface area (Å²) in [5, 5.41) is 11.8. The highest BCUT2D eigenvalue weighted by Crippen LogP contribution is 2.28. The fourth-order valence-electron chi connectivity index (χ4n) is 1.13. The molecule has 3 nitrogen and oxygen atoms in total. The summed E-state index contributed by atoms with van der Waals surface area (Å²) in [4.78, 5) is 0. The molecule has 12 heavy (non-hydrogen) atoms. The van der Waals surface area contributed by atoms with E-state index >= 15 is 0 Å². The molecule has 0 spiro atoms. The molecule has 1 aliphatic carbocycles. The van der Waals surface area contributed by atoms with Crippen molar-refractivity contribution >= 4 is 0 Å². The molecule has 1 unspecified atom stereocenters. The third kappa shape index (κ3) is 4.04. The van der Waals surface area contributed by atoms with E-state index in [1.165, 1.54) is 12.8 Å². The van der Waals surface area contributed by atoms with Gasteiger partial charge in [0.25, 0.3) is 0 Å². The van der Waals surface area contributed by atoms with Gasteiger partial charge in [0.05, 0.1) is 6.61 Å². The van der Waals surface area contributed by atoms with Crippen molar-refractivity contribution in [2.45, 2.75) is 25.3 Å². The third-order valence-electron chi connectivity index (χ3n) is 2.26. The van der Waals surface area contributed by atoms with E-state index < -0.39 is 0 Å². The monoisotopic (exact) mass is 173 g/mol. The van der Waals surface area contributed by atoms with Gasteiger partial charge in [-0.1, -0.05) is 0 Å². The molecule has 1 atom stereocenters. The van der Waals surface area contributed by atoms with Gasteiger partial charge >= 0.3 is 0 Å². The lowest BCUT2D eigenvalue weighted by Gasteiger charge is -2.14. The minimum absolute atomic E-state index is 0.234. The van der Waals surface area contributed by atoms with Gasteiger partial charge in [-0.05, 0) is 32.2 Å². The molecule has 0 saturated heterocycles. The summed E-state index contributed by atoms with van der Waals surface area (Å²) in [6.07, 6.45) is 3.45.